The van der Waals surface area contributed by atoms with Crippen molar-refractivity contribution < 1.29 is 8.42 Å². The molecule has 0 aliphatic carbocycles. The fraction of sp³-hybridized carbons (Fsp3) is 0.462. The molecule has 0 aromatic carbocycles. The predicted molar refractivity (Wildman–Crippen MR) is 81.0 cm³/mol. The molecule has 1 aliphatic heterocycles. The van der Waals surface area contributed by atoms with Crippen LogP contribution in [-0.4, -0.2) is 52.1 Å². The predicted octanol–water partition coefficient (Wildman–Crippen LogP) is 0.270. The standard InChI is InChI=1S/C13H18N6O2S/c20-22(21,19-7-1-2-8-19)16-6-10-18-9-3-12(17-18)13-11-14-4-5-15-13/h3-5,9,11,16H,1-2,6-8,10H2. The van der Waals surface area contributed by atoms with Crippen molar-refractivity contribution in [2.75, 3.05) is 19.6 Å². The molecule has 1 aliphatic rings. The maximum absolute atomic E-state index is 12.0. The van der Waals surface area contributed by atoms with Crippen molar-refractivity contribution in [3.05, 3.63) is 30.9 Å². The summed E-state index contributed by atoms with van der Waals surface area (Å²) in [5.74, 6) is 0. The Bertz CT molecular complexity index is 709. The second-order valence-corrected chi connectivity index (χ2v) is 6.82. The summed E-state index contributed by atoms with van der Waals surface area (Å²) in [5, 5.41) is 4.36. The first-order valence-electron chi connectivity index (χ1n) is 7.20. The molecule has 118 valence electrons. The lowest BCUT2D eigenvalue weighted by atomic mass is 10.3. The van der Waals surface area contributed by atoms with Gasteiger partial charge in [0, 0.05) is 38.2 Å². The molecule has 1 N–H and O–H groups in total. The van der Waals surface area contributed by atoms with Crippen LogP contribution in [0.4, 0.5) is 0 Å². The highest BCUT2D eigenvalue weighted by Gasteiger charge is 2.24. The normalized spacial score (nSPS) is 16.2. The Labute approximate surface area is 129 Å². The first kappa shape index (κ1) is 15.1. The maximum Gasteiger partial charge on any atom is 0.279 e. The van der Waals surface area contributed by atoms with E-state index in [-0.39, 0.29) is 0 Å². The monoisotopic (exact) mass is 322 g/mol. The van der Waals surface area contributed by atoms with E-state index in [4.69, 9.17) is 0 Å². The van der Waals surface area contributed by atoms with Gasteiger partial charge in [0.1, 0.15) is 11.4 Å². The van der Waals surface area contributed by atoms with Gasteiger partial charge in [-0.2, -0.15) is 17.8 Å². The van der Waals surface area contributed by atoms with E-state index in [1.807, 2.05) is 6.07 Å². The van der Waals surface area contributed by atoms with E-state index in [1.54, 1.807) is 29.5 Å². The van der Waals surface area contributed by atoms with Crippen molar-refractivity contribution in [2.24, 2.45) is 0 Å². The minimum Gasteiger partial charge on any atom is -0.271 e. The lowest BCUT2D eigenvalue weighted by Gasteiger charge is -2.15. The zero-order valence-corrected chi connectivity index (χ0v) is 12.9. The van der Waals surface area contributed by atoms with Gasteiger partial charge in [0.15, 0.2) is 0 Å². The van der Waals surface area contributed by atoms with Crippen LogP contribution in [0.25, 0.3) is 11.4 Å². The highest BCUT2D eigenvalue weighted by molar-refractivity contribution is 7.87. The van der Waals surface area contributed by atoms with E-state index in [9.17, 15) is 8.42 Å². The number of nitrogens with zero attached hydrogens (tertiary/aromatic N) is 5. The van der Waals surface area contributed by atoms with Crippen LogP contribution >= 0.6 is 0 Å². The van der Waals surface area contributed by atoms with Crippen molar-refractivity contribution in [1.29, 1.82) is 0 Å². The summed E-state index contributed by atoms with van der Waals surface area (Å²) < 4.78 is 29.8. The van der Waals surface area contributed by atoms with Crippen molar-refractivity contribution in [3.8, 4) is 11.4 Å². The second kappa shape index (κ2) is 6.51. The Hall–Kier alpha value is -1.84. The Morgan fingerprint density at radius 2 is 2.00 bits per heavy atom. The van der Waals surface area contributed by atoms with E-state index in [2.05, 4.69) is 19.8 Å². The summed E-state index contributed by atoms with van der Waals surface area (Å²) in [7, 11) is -3.36. The molecule has 2 aromatic rings. The van der Waals surface area contributed by atoms with Crippen molar-refractivity contribution in [1.82, 2.24) is 28.8 Å². The molecule has 9 heteroatoms. The number of hydrogen-bond donors (Lipinski definition) is 1. The number of nitrogens with one attached hydrogen (secondary N) is 1. The van der Waals surface area contributed by atoms with Gasteiger partial charge in [0.05, 0.1) is 12.7 Å². The molecule has 3 rings (SSSR count). The SMILES string of the molecule is O=S(=O)(NCCn1ccc(-c2cnccn2)n1)N1CCCC1. The molecule has 3 heterocycles. The van der Waals surface area contributed by atoms with Crippen LogP contribution in [0.3, 0.4) is 0 Å². The van der Waals surface area contributed by atoms with Gasteiger partial charge in [-0.3, -0.25) is 14.6 Å². The quantitative estimate of drug-likeness (QED) is 0.824. The van der Waals surface area contributed by atoms with E-state index in [0.717, 1.165) is 18.5 Å². The van der Waals surface area contributed by atoms with Gasteiger partial charge in [0.25, 0.3) is 10.2 Å². The molecule has 22 heavy (non-hydrogen) atoms. The largest absolute Gasteiger partial charge is 0.279 e. The third-order valence-electron chi connectivity index (χ3n) is 3.50. The first-order valence-corrected chi connectivity index (χ1v) is 8.64. The van der Waals surface area contributed by atoms with Gasteiger partial charge in [0.2, 0.25) is 0 Å². The van der Waals surface area contributed by atoms with Gasteiger partial charge in [-0.05, 0) is 18.9 Å². The molecular formula is C13H18N6O2S. The zero-order chi connectivity index (χ0) is 15.4. The van der Waals surface area contributed by atoms with Crippen molar-refractivity contribution >= 4 is 10.2 Å². The third-order valence-corrected chi connectivity index (χ3v) is 5.11. The summed E-state index contributed by atoms with van der Waals surface area (Å²) in [5.41, 5.74) is 1.41. The van der Waals surface area contributed by atoms with Gasteiger partial charge in [-0.25, -0.2) is 4.72 Å². The average molecular weight is 322 g/mol. The summed E-state index contributed by atoms with van der Waals surface area (Å²) in [4.78, 5) is 8.18. The van der Waals surface area contributed by atoms with E-state index in [1.165, 1.54) is 4.31 Å². The number of rotatable bonds is 6. The Kier molecular flexibility index (Phi) is 4.46. The van der Waals surface area contributed by atoms with Crippen LogP contribution in [0, 0.1) is 0 Å². The Morgan fingerprint density at radius 1 is 1.18 bits per heavy atom. The topological polar surface area (TPSA) is 93.0 Å². The number of hydrogen-bond acceptors (Lipinski definition) is 5. The molecule has 0 unspecified atom stereocenters. The van der Waals surface area contributed by atoms with Crippen LogP contribution in [0.2, 0.25) is 0 Å². The Balaban J connectivity index is 1.55. The molecule has 0 atom stereocenters. The summed E-state index contributed by atoms with van der Waals surface area (Å²) in [6, 6.07) is 1.83. The van der Waals surface area contributed by atoms with Gasteiger partial charge in [-0.1, -0.05) is 0 Å². The van der Waals surface area contributed by atoms with Crippen LogP contribution in [-0.2, 0) is 16.8 Å². The first-order chi connectivity index (χ1) is 10.6. The summed E-state index contributed by atoms with van der Waals surface area (Å²) in [6.07, 6.45) is 8.52. The highest BCUT2D eigenvalue weighted by atomic mass is 32.2. The average Bonchev–Trinajstić information content (AvgIpc) is 3.20. The third kappa shape index (κ3) is 3.49. The maximum atomic E-state index is 12.0. The van der Waals surface area contributed by atoms with Crippen molar-refractivity contribution in [3.63, 3.8) is 0 Å². The van der Waals surface area contributed by atoms with Crippen LogP contribution in [0.15, 0.2) is 30.9 Å². The van der Waals surface area contributed by atoms with E-state index >= 15 is 0 Å². The van der Waals surface area contributed by atoms with Crippen LogP contribution in [0.1, 0.15) is 12.8 Å². The minimum atomic E-state index is -3.36. The van der Waals surface area contributed by atoms with E-state index in [0.29, 0.717) is 31.9 Å². The van der Waals surface area contributed by atoms with Crippen LogP contribution < -0.4 is 4.72 Å². The zero-order valence-electron chi connectivity index (χ0n) is 12.1. The van der Waals surface area contributed by atoms with Crippen LogP contribution in [0.5, 0.6) is 0 Å². The minimum absolute atomic E-state index is 0.306. The molecule has 1 fully saturated rings. The smallest absolute Gasteiger partial charge is 0.271 e. The lowest BCUT2D eigenvalue weighted by molar-refractivity contribution is 0.460. The second-order valence-electron chi connectivity index (χ2n) is 5.06. The van der Waals surface area contributed by atoms with Gasteiger partial charge in [-0.15, -0.1) is 0 Å². The van der Waals surface area contributed by atoms with Gasteiger partial charge < -0.3 is 0 Å². The molecule has 8 nitrogen and oxygen atoms in total. The molecule has 0 amide bonds. The lowest BCUT2D eigenvalue weighted by Crippen LogP contribution is -2.40. The molecular weight excluding hydrogens is 304 g/mol. The molecule has 0 saturated carbocycles. The molecule has 0 bridgehead atoms. The molecule has 0 spiro atoms. The Morgan fingerprint density at radius 3 is 2.73 bits per heavy atom. The molecule has 1 saturated heterocycles. The van der Waals surface area contributed by atoms with E-state index < -0.39 is 10.2 Å². The molecule has 2 aromatic heterocycles. The van der Waals surface area contributed by atoms with Crippen molar-refractivity contribution in [2.45, 2.75) is 19.4 Å². The summed E-state index contributed by atoms with van der Waals surface area (Å²) >= 11 is 0. The fourth-order valence-corrected chi connectivity index (χ4v) is 3.63. The van der Waals surface area contributed by atoms with Gasteiger partial charge >= 0.3 is 0 Å². The fourth-order valence-electron chi connectivity index (χ4n) is 2.36. The molecule has 0 radical (unpaired) electrons. The summed E-state index contributed by atoms with van der Waals surface area (Å²) in [6.45, 7) is 1.98. The number of aromatic nitrogens is 4. The highest BCUT2D eigenvalue weighted by Crippen LogP contribution is 2.12.